The van der Waals surface area contributed by atoms with Crippen molar-refractivity contribution in [3.8, 4) is 11.5 Å². The Morgan fingerprint density at radius 2 is 2.05 bits per heavy atom. The highest BCUT2D eigenvalue weighted by Gasteiger charge is 2.13. The quantitative estimate of drug-likeness (QED) is 0.826. The van der Waals surface area contributed by atoms with Gasteiger partial charge >= 0.3 is 0 Å². The van der Waals surface area contributed by atoms with Crippen molar-refractivity contribution in [3.05, 3.63) is 23.8 Å². The van der Waals surface area contributed by atoms with E-state index >= 15 is 0 Å². The lowest BCUT2D eigenvalue weighted by molar-refractivity contribution is 0.315. The van der Waals surface area contributed by atoms with E-state index in [1.165, 1.54) is 32.1 Å². The Kier molecular flexibility index (Phi) is 5.52. The smallest absolute Gasteiger partial charge is 0.162 e. The van der Waals surface area contributed by atoms with Crippen molar-refractivity contribution >= 4 is 0 Å². The molecule has 1 aromatic rings. The molecule has 0 aromatic heterocycles. The van der Waals surface area contributed by atoms with Gasteiger partial charge in [-0.2, -0.15) is 0 Å². The summed E-state index contributed by atoms with van der Waals surface area (Å²) in [4.78, 5) is 0. The van der Waals surface area contributed by atoms with Gasteiger partial charge in [0, 0.05) is 12.1 Å². The van der Waals surface area contributed by atoms with Crippen molar-refractivity contribution in [2.75, 3.05) is 13.2 Å². The summed E-state index contributed by atoms with van der Waals surface area (Å²) in [6.45, 7) is 4.27. The molecule has 1 aliphatic carbocycles. The van der Waals surface area contributed by atoms with E-state index in [0.29, 0.717) is 18.9 Å². The number of hydrogen-bond acceptors (Lipinski definition) is 3. The predicted molar refractivity (Wildman–Crippen MR) is 77.6 cm³/mol. The largest absolute Gasteiger partial charge is 0.504 e. The number of benzene rings is 1. The first kappa shape index (κ1) is 14.2. The van der Waals surface area contributed by atoms with Crippen LogP contribution in [0, 0.1) is 5.92 Å². The third-order valence-corrected chi connectivity index (χ3v) is 3.86. The molecule has 1 saturated carbocycles. The number of hydrogen-bond donors (Lipinski definition) is 2. The average Bonchev–Trinajstić information content (AvgIpc) is 2.44. The summed E-state index contributed by atoms with van der Waals surface area (Å²) in [5.41, 5.74) is 0.918. The van der Waals surface area contributed by atoms with E-state index in [1.807, 2.05) is 25.1 Å². The van der Waals surface area contributed by atoms with Crippen molar-refractivity contribution in [2.45, 2.75) is 45.6 Å². The lowest BCUT2D eigenvalue weighted by Gasteiger charge is -2.22. The summed E-state index contributed by atoms with van der Waals surface area (Å²) in [6, 6.07) is 5.69. The first-order valence-electron chi connectivity index (χ1n) is 7.45. The lowest BCUT2D eigenvalue weighted by atomic mass is 9.89. The van der Waals surface area contributed by atoms with Crippen molar-refractivity contribution in [1.29, 1.82) is 0 Å². The molecule has 0 unspecified atom stereocenters. The van der Waals surface area contributed by atoms with Crippen LogP contribution in [-0.4, -0.2) is 18.3 Å². The van der Waals surface area contributed by atoms with Crippen molar-refractivity contribution < 1.29 is 9.84 Å². The topological polar surface area (TPSA) is 41.5 Å². The Labute approximate surface area is 116 Å². The van der Waals surface area contributed by atoms with Crippen LogP contribution in [0.5, 0.6) is 11.5 Å². The molecule has 0 aliphatic heterocycles. The van der Waals surface area contributed by atoms with Gasteiger partial charge < -0.3 is 15.2 Å². The molecular formula is C16H25NO2. The van der Waals surface area contributed by atoms with Gasteiger partial charge in [0.05, 0.1) is 6.61 Å². The zero-order valence-electron chi connectivity index (χ0n) is 11.8. The first-order valence-corrected chi connectivity index (χ1v) is 7.45. The number of phenols is 1. The molecule has 0 saturated heterocycles. The third kappa shape index (κ3) is 4.13. The molecule has 1 aromatic carbocycles. The SMILES string of the molecule is CCOc1cccc(CNCC2CCCCC2)c1O. The van der Waals surface area contributed by atoms with Gasteiger partial charge in [-0.1, -0.05) is 31.4 Å². The van der Waals surface area contributed by atoms with Gasteiger partial charge in [0.1, 0.15) is 0 Å². The maximum atomic E-state index is 10.1. The van der Waals surface area contributed by atoms with Crippen LogP contribution in [-0.2, 0) is 6.54 Å². The number of nitrogens with one attached hydrogen (secondary N) is 1. The van der Waals surface area contributed by atoms with E-state index in [0.717, 1.165) is 18.0 Å². The molecule has 3 heteroatoms. The summed E-state index contributed by atoms with van der Waals surface area (Å²) < 4.78 is 5.40. The van der Waals surface area contributed by atoms with Crippen LogP contribution in [0.4, 0.5) is 0 Å². The van der Waals surface area contributed by atoms with Gasteiger partial charge in [-0.05, 0) is 38.3 Å². The molecule has 0 radical (unpaired) electrons. The van der Waals surface area contributed by atoms with Crippen LogP contribution < -0.4 is 10.1 Å². The number of para-hydroxylation sites is 1. The Hall–Kier alpha value is -1.22. The molecule has 0 spiro atoms. The lowest BCUT2D eigenvalue weighted by Crippen LogP contribution is -2.24. The highest BCUT2D eigenvalue weighted by atomic mass is 16.5. The summed E-state index contributed by atoms with van der Waals surface area (Å²) >= 11 is 0. The third-order valence-electron chi connectivity index (χ3n) is 3.86. The Morgan fingerprint density at radius 1 is 1.26 bits per heavy atom. The summed E-state index contributed by atoms with van der Waals surface area (Å²) in [5.74, 6) is 1.67. The van der Waals surface area contributed by atoms with Gasteiger partial charge in [-0.25, -0.2) is 0 Å². The maximum Gasteiger partial charge on any atom is 0.162 e. The first-order chi connectivity index (χ1) is 9.31. The Balaban J connectivity index is 1.83. The number of phenolic OH excluding ortho intramolecular Hbond substituents is 1. The van der Waals surface area contributed by atoms with Gasteiger partial charge in [0.2, 0.25) is 0 Å². The summed E-state index contributed by atoms with van der Waals surface area (Å²) in [5, 5.41) is 13.6. The Morgan fingerprint density at radius 3 is 2.79 bits per heavy atom. The zero-order valence-corrected chi connectivity index (χ0v) is 11.8. The van der Waals surface area contributed by atoms with Gasteiger partial charge in [-0.15, -0.1) is 0 Å². The molecule has 0 amide bonds. The molecule has 0 bridgehead atoms. The standard InChI is InChI=1S/C16H25NO2/c1-2-19-15-10-6-9-14(16(15)18)12-17-11-13-7-4-3-5-8-13/h6,9-10,13,17-18H,2-5,7-8,11-12H2,1H3. The highest BCUT2D eigenvalue weighted by molar-refractivity contribution is 5.45. The van der Waals surface area contributed by atoms with E-state index in [1.54, 1.807) is 0 Å². The normalized spacial score (nSPS) is 16.5. The van der Waals surface area contributed by atoms with Crippen LogP contribution in [0.2, 0.25) is 0 Å². The second-order valence-electron chi connectivity index (χ2n) is 5.33. The molecule has 2 rings (SSSR count). The fourth-order valence-electron chi connectivity index (χ4n) is 2.78. The fraction of sp³-hybridized carbons (Fsp3) is 0.625. The summed E-state index contributed by atoms with van der Waals surface area (Å²) in [7, 11) is 0. The van der Waals surface area contributed by atoms with Gasteiger partial charge in [0.25, 0.3) is 0 Å². The van der Waals surface area contributed by atoms with E-state index in [4.69, 9.17) is 4.74 Å². The molecule has 3 nitrogen and oxygen atoms in total. The average molecular weight is 263 g/mol. The van der Waals surface area contributed by atoms with Crippen molar-refractivity contribution in [3.63, 3.8) is 0 Å². The van der Waals surface area contributed by atoms with E-state index in [2.05, 4.69) is 5.32 Å². The number of rotatable bonds is 6. The Bertz CT molecular complexity index is 386. The second-order valence-corrected chi connectivity index (χ2v) is 5.33. The van der Waals surface area contributed by atoms with Crippen molar-refractivity contribution in [1.82, 2.24) is 5.32 Å². The molecule has 1 fully saturated rings. The molecule has 19 heavy (non-hydrogen) atoms. The van der Waals surface area contributed by atoms with E-state index in [-0.39, 0.29) is 5.75 Å². The zero-order chi connectivity index (χ0) is 13.5. The van der Waals surface area contributed by atoms with E-state index < -0.39 is 0 Å². The van der Waals surface area contributed by atoms with Gasteiger partial charge in [0.15, 0.2) is 11.5 Å². The minimum atomic E-state index is 0.278. The van der Waals surface area contributed by atoms with Crippen LogP contribution in [0.25, 0.3) is 0 Å². The summed E-state index contributed by atoms with van der Waals surface area (Å²) in [6.07, 6.45) is 6.83. The van der Waals surface area contributed by atoms with Crippen LogP contribution in [0.3, 0.4) is 0 Å². The molecule has 2 N–H and O–H groups in total. The fourth-order valence-corrected chi connectivity index (χ4v) is 2.78. The predicted octanol–water partition coefficient (Wildman–Crippen LogP) is 3.46. The maximum absolute atomic E-state index is 10.1. The van der Waals surface area contributed by atoms with Crippen molar-refractivity contribution in [2.24, 2.45) is 5.92 Å². The molecule has 0 heterocycles. The van der Waals surface area contributed by atoms with Crippen LogP contribution >= 0.6 is 0 Å². The monoisotopic (exact) mass is 263 g/mol. The second kappa shape index (κ2) is 7.39. The molecule has 0 atom stereocenters. The minimum absolute atomic E-state index is 0.278. The van der Waals surface area contributed by atoms with E-state index in [9.17, 15) is 5.11 Å². The van der Waals surface area contributed by atoms with Crippen LogP contribution in [0.1, 0.15) is 44.6 Å². The molecule has 1 aliphatic rings. The van der Waals surface area contributed by atoms with Crippen LogP contribution in [0.15, 0.2) is 18.2 Å². The molecular weight excluding hydrogens is 238 g/mol. The van der Waals surface area contributed by atoms with Gasteiger partial charge in [-0.3, -0.25) is 0 Å². The number of aromatic hydroxyl groups is 1. The molecule has 106 valence electrons. The highest BCUT2D eigenvalue weighted by Crippen LogP contribution is 2.29. The number of ether oxygens (including phenoxy) is 1. The minimum Gasteiger partial charge on any atom is -0.504 e.